The maximum atomic E-state index is 5.91. The predicted octanol–water partition coefficient (Wildman–Crippen LogP) is 7.05. The summed E-state index contributed by atoms with van der Waals surface area (Å²) in [7, 11) is -10.1. The van der Waals surface area contributed by atoms with Gasteiger partial charge in [0.15, 0.2) is 0 Å². The molecule has 30 heavy (non-hydrogen) atoms. The summed E-state index contributed by atoms with van der Waals surface area (Å²) in [5.74, 6) is 0. The monoisotopic (exact) mass is 477 g/mol. The largest absolute Gasteiger partial charge is 0.349 e. The number of nitrogens with zero attached hydrogens (tertiary/aromatic N) is 3. The molecular formula is C18H30N3O6P3. The molecule has 1 aliphatic rings. The van der Waals surface area contributed by atoms with Crippen LogP contribution in [0.3, 0.4) is 0 Å². The van der Waals surface area contributed by atoms with Crippen LogP contribution in [0.15, 0.2) is 89.5 Å². The Balaban J connectivity index is 3.83. The number of rotatable bonds is 18. The fourth-order valence-corrected chi connectivity index (χ4v) is 11.1. The van der Waals surface area contributed by atoms with Crippen molar-refractivity contribution >= 4 is 23.0 Å². The van der Waals surface area contributed by atoms with E-state index in [4.69, 9.17) is 27.1 Å². The highest BCUT2D eigenvalue weighted by atomic mass is 31.3. The van der Waals surface area contributed by atoms with Gasteiger partial charge in [0, 0.05) is 0 Å². The van der Waals surface area contributed by atoms with Crippen molar-refractivity contribution in [3.63, 3.8) is 0 Å². The number of hydrogen-bond acceptors (Lipinski definition) is 9. The van der Waals surface area contributed by atoms with Crippen molar-refractivity contribution in [3.8, 4) is 0 Å². The van der Waals surface area contributed by atoms with Gasteiger partial charge >= 0.3 is 23.0 Å². The second kappa shape index (κ2) is 14.0. The molecule has 0 aromatic carbocycles. The van der Waals surface area contributed by atoms with Gasteiger partial charge in [0.25, 0.3) is 0 Å². The van der Waals surface area contributed by atoms with Gasteiger partial charge in [-0.15, -0.1) is 53.0 Å². The molecule has 0 fully saturated rings. The van der Waals surface area contributed by atoms with E-state index in [0.29, 0.717) is 0 Å². The summed E-state index contributed by atoms with van der Waals surface area (Å²) in [5.41, 5.74) is 0. The molecule has 0 aliphatic carbocycles. The van der Waals surface area contributed by atoms with E-state index in [9.17, 15) is 0 Å². The van der Waals surface area contributed by atoms with E-state index in [1.807, 2.05) is 0 Å². The molecule has 0 spiro atoms. The fourth-order valence-electron chi connectivity index (χ4n) is 1.80. The molecule has 0 aromatic rings. The van der Waals surface area contributed by atoms with Crippen molar-refractivity contribution in [2.75, 3.05) is 39.6 Å². The van der Waals surface area contributed by atoms with Gasteiger partial charge < -0.3 is 27.1 Å². The smallest absolute Gasteiger partial charge is 0.302 e. The summed E-state index contributed by atoms with van der Waals surface area (Å²) in [4.78, 5) is 0. The van der Waals surface area contributed by atoms with Crippen molar-refractivity contribution in [2.24, 2.45) is 13.5 Å². The van der Waals surface area contributed by atoms with Crippen LogP contribution in [-0.4, -0.2) is 39.6 Å². The molecular weight excluding hydrogens is 447 g/mol. The van der Waals surface area contributed by atoms with Crippen LogP contribution in [0.2, 0.25) is 0 Å². The minimum absolute atomic E-state index is 0.115. The first-order valence-corrected chi connectivity index (χ1v) is 13.5. The Morgan fingerprint density at radius 2 is 0.567 bits per heavy atom. The average Bonchev–Trinajstić information content (AvgIpc) is 2.76. The molecule has 1 rings (SSSR count). The fraction of sp³-hybridized carbons (Fsp3) is 0.333. The van der Waals surface area contributed by atoms with Crippen LogP contribution in [0.25, 0.3) is 0 Å². The van der Waals surface area contributed by atoms with E-state index in [1.165, 1.54) is 0 Å². The van der Waals surface area contributed by atoms with E-state index < -0.39 is 23.0 Å². The van der Waals surface area contributed by atoms with Gasteiger partial charge in [-0.2, -0.15) is 0 Å². The van der Waals surface area contributed by atoms with E-state index in [1.54, 1.807) is 36.5 Å². The van der Waals surface area contributed by atoms with Crippen LogP contribution in [0, 0.1) is 0 Å². The molecule has 12 heteroatoms. The van der Waals surface area contributed by atoms with Crippen LogP contribution < -0.4 is 0 Å². The molecule has 1 heterocycles. The minimum atomic E-state index is -3.35. The van der Waals surface area contributed by atoms with Crippen LogP contribution in [0.4, 0.5) is 0 Å². The SMILES string of the molecule is C=CCOP1(OCC=C)=NP(OCC=C)(OCC=C)=NP(OCC=C)(OCC=C)=N1. The van der Waals surface area contributed by atoms with Crippen molar-refractivity contribution in [1.82, 2.24) is 0 Å². The van der Waals surface area contributed by atoms with Crippen LogP contribution in [-0.2, 0) is 27.1 Å². The maximum absolute atomic E-state index is 5.91. The zero-order valence-electron chi connectivity index (χ0n) is 17.1. The summed E-state index contributed by atoms with van der Waals surface area (Å²) in [6, 6.07) is 0. The highest BCUT2D eigenvalue weighted by molar-refractivity contribution is 7.78. The Labute approximate surface area is 179 Å². The van der Waals surface area contributed by atoms with Gasteiger partial charge in [-0.3, -0.25) is 0 Å². The second-order valence-electron chi connectivity index (χ2n) is 5.25. The zero-order chi connectivity index (χ0) is 22.3. The highest BCUT2D eigenvalue weighted by Gasteiger charge is 2.42. The third-order valence-corrected chi connectivity index (χ3v) is 11.2. The normalized spacial score (nSPS) is 18.0. The predicted molar refractivity (Wildman–Crippen MR) is 125 cm³/mol. The quantitative estimate of drug-likeness (QED) is 0.155. The summed E-state index contributed by atoms with van der Waals surface area (Å²) >= 11 is 0. The standard InChI is InChI=1S/C18H30N3O6P3/c1-7-13-22-28(23-14-8-2)19-29(24-15-9-3,25-16-10-4)21-30(20-28,26-17-11-5)27-18-12-6/h7-12H,1-6,13-18H2. The van der Waals surface area contributed by atoms with Gasteiger partial charge in [0.05, 0.1) is 39.6 Å². The third kappa shape index (κ3) is 8.20. The van der Waals surface area contributed by atoms with Gasteiger partial charge in [-0.25, -0.2) is 0 Å². The minimum Gasteiger partial charge on any atom is -0.302 e. The highest BCUT2D eigenvalue weighted by Crippen LogP contribution is 2.80. The van der Waals surface area contributed by atoms with Crippen LogP contribution in [0.5, 0.6) is 0 Å². The first-order valence-electron chi connectivity index (χ1n) is 8.93. The molecule has 0 unspecified atom stereocenters. The second-order valence-corrected chi connectivity index (χ2v) is 11.9. The van der Waals surface area contributed by atoms with Crippen molar-refractivity contribution in [3.05, 3.63) is 75.9 Å². The van der Waals surface area contributed by atoms with E-state index in [2.05, 4.69) is 53.0 Å². The molecule has 0 aromatic heterocycles. The lowest BCUT2D eigenvalue weighted by molar-refractivity contribution is 0.253. The maximum Gasteiger partial charge on any atom is 0.349 e. The Bertz CT molecular complexity index is 640. The first-order chi connectivity index (χ1) is 14.5. The van der Waals surface area contributed by atoms with Crippen molar-refractivity contribution < 1.29 is 27.1 Å². The summed E-state index contributed by atoms with van der Waals surface area (Å²) in [6.45, 7) is 22.8. The summed E-state index contributed by atoms with van der Waals surface area (Å²) in [6.07, 6.45) is 9.34. The first kappa shape index (κ1) is 26.9. The Morgan fingerprint density at radius 3 is 0.700 bits per heavy atom. The molecule has 168 valence electrons. The average molecular weight is 477 g/mol. The van der Waals surface area contributed by atoms with Crippen LogP contribution >= 0.6 is 23.0 Å². The lowest BCUT2D eigenvalue weighted by Crippen LogP contribution is -2.05. The lowest BCUT2D eigenvalue weighted by atomic mass is 10.7. The Hall–Kier alpha value is -1.11. The molecule has 9 nitrogen and oxygen atoms in total. The summed E-state index contributed by atoms with van der Waals surface area (Å²) < 4.78 is 49.4. The molecule has 0 amide bonds. The van der Waals surface area contributed by atoms with Gasteiger partial charge in [0.1, 0.15) is 0 Å². The molecule has 1 aliphatic heterocycles. The van der Waals surface area contributed by atoms with Gasteiger partial charge in [-0.1, -0.05) is 36.5 Å². The molecule has 0 radical (unpaired) electrons. The molecule has 0 atom stereocenters. The van der Waals surface area contributed by atoms with Crippen molar-refractivity contribution in [2.45, 2.75) is 0 Å². The molecule has 0 saturated heterocycles. The Morgan fingerprint density at radius 1 is 0.400 bits per heavy atom. The molecule has 0 bridgehead atoms. The summed E-state index contributed by atoms with van der Waals surface area (Å²) in [5, 5.41) is 0. The topological polar surface area (TPSA) is 92.5 Å². The van der Waals surface area contributed by atoms with E-state index >= 15 is 0 Å². The van der Waals surface area contributed by atoms with Gasteiger partial charge in [0.2, 0.25) is 0 Å². The molecule has 0 saturated carbocycles. The van der Waals surface area contributed by atoms with E-state index in [0.717, 1.165) is 0 Å². The van der Waals surface area contributed by atoms with Crippen LogP contribution in [0.1, 0.15) is 0 Å². The zero-order valence-corrected chi connectivity index (χ0v) is 19.8. The molecule has 0 N–H and O–H groups in total. The van der Waals surface area contributed by atoms with E-state index in [-0.39, 0.29) is 39.6 Å². The lowest BCUT2D eigenvalue weighted by Gasteiger charge is -2.32. The van der Waals surface area contributed by atoms with Gasteiger partial charge in [-0.05, 0) is 0 Å². The number of hydrogen-bond donors (Lipinski definition) is 0. The Kier molecular flexibility index (Phi) is 12.6. The third-order valence-electron chi connectivity index (χ3n) is 2.84. The van der Waals surface area contributed by atoms with Crippen molar-refractivity contribution in [1.29, 1.82) is 0 Å².